The Hall–Kier alpha value is -1.36. The van der Waals surface area contributed by atoms with Gasteiger partial charge in [-0.05, 0) is 26.7 Å². The third-order valence-electron chi connectivity index (χ3n) is 3.67. The van der Waals surface area contributed by atoms with E-state index in [4.69, 9.17) is 4.74 Å². The van der Waals surface area contributed by atoms with E-state index >= 15 is 0 Å². The van der Waals surface area contributed by atoms with Gasteiger partial charge in [0.15, 0.2) is 0 Å². The maximum Gasteiger partial charge on any atom is 0.327 e. The van der Waals surface area contributed by atoms with Crippen molar-refractivity contribution in [2.45, 2.75) is 51.6 Å². The lowest BCUT2D eigenvalue weighted by atomic mass is 10.0. The number of carbonyl (C=O) groups excluding carboxylic acids is 1. The molecule has 100 valence electrons. The lowest BCUT2D eigenvalue weighted by Crippen LogP contribution is -2.36. The average Bonchev–Trinajstić information content (AvgIpc) is 2.97. The summed E-state index contributed by atoms with van der Waals surface area (Å²) in [4.78, 5) is 12.0. The summed E-state index contributed by atoms with van der Waals surface area (Å²) in [6.07, 6.45) is 4.72. The number of carbonyl (C=O) groups is 1. The third-order valence-corrected chi connectivity index (χ3v) is 3.67. The third kappa shape index (κ3) is 2.56. The van der Waals surface area contributed by atoms with Gasteiger partial charge >= 0.3 is 5.97 Å². The number of H-pyrrole nitrogens is 1. The number of aromatic amines is 1. The number of hydrogen-bond acceptors (Lipinski definition) is 4. The molecule has 2 rings (SSSR count). The Balaban J connectivity index is 2.21. The zero-order valence-electron chi connectivity index (χ0n) is 11.2. The van der Waals surface area contributed by atoms with Crippen molar-refractivity contribution in [3.05, 3.63) is 17.0 Å². The standard InChI is InChI=1S/C13H21N3O2/c1-8-11(9(2)16-15-8)12(13(17)18-3)14-10-6-4-5-7-10/h10,12,14H,4-7H2,1-3H3,(H,15,16). The molecule has 0 spiro atoms. The summed E-state index contributed by atoms with van der Waals surface area (Å²) in [5.74, 6) is -0.241. The molecule has 1 saturated carbocycles. The minimum absolute atomic E-state index is 0.241. The highest BCUT2D eigenvalue weighted by Gasteiger charge is 2.29. The topological polar surface area (TPSA) is 67.0 Å². The van der Waals surface area contributed by atoms with E-state index < -0.39 is 6.04 Å². The summed E-state index contributed by atoms with van der Waals surface area (Å²) in [7, 11) is 1.43. The molecule has 0 aromatic carbocycles. The van der Waals surface area contributed by atoms with Gasteiger partial charge < -0.3 is 4.74 Å². The van der Waals surface area contributed by atoms with Gasteiger partial charge in [-0.1, -0.05) is 12.8 Å². The summed E-state index contributed by atoms with van der Waals surface area (Å²) in [5.41, 5.74) is 2.70. The molecule has 0 radical (unpaired) electrons. The molecule has 5 nitrogen and oxygen atoms in total. The monoisotopic (exact) mass is 251 g/mol. The molecule has 1 aliphatic rings. The number of ether oxygens (including phenoxy) is 1. The fraction of sp³-hybridized carbons (Fsp3) is 0.692. The molecule has 5 heteroatoms. The molecule has 1 unspecified atom stereocenters. The van der Waals surface area contributed by atoms with E-state index in [1.54, 1.807) is 0 Å². The van der Waals surface area contributed by atoms with Crippen LogP contribution in [0, 0.1) is 13.8 Å². The summed E-state index contributed by atoms with van der Waals surface area (Å²) in [6.45, 7) is 3.84. The second kappa shape index (κ2) is 5.52. The van der Waals surface area contributed by atoms with Gasteiger partial charge in [0.1, 0.15) is 6.04 Å². The Morgan fingerprint density at radius 1 is 1.44 bits per heavy atom. The summed E-state index contributed by atoms with van der Waals surface area (Å²) in [6, 6.07) is -0.000324. The molecule has 1 aromatic heterocycles. The predicted molar refractivity (Wildman–Crippen MR) is 68.2 cm³/mol. The van der Waals surface area contributed by atoms with Crippen molar-refractivity contribution in [1.29, 1.82) is 0 Å². The lowest BCUT2D eigenvalue weighted by molar-refractivity contribution is -0.143. The van der Waals surface area contributed by atoms with Crippen LogP contribution in [0.3, 0.4) is 0 Å². The molecular formula is C13H21N3O2. The van der Waals surface area contributed by atoms with E-state index in [1.165, 1.54) is 20.0 Å². The maximum atomic E-state index is 12.0. The van der Waals surface area contributed by atoms with Crippen LogP contribution in [-0.4, -0.2) is 29.3 Å². The van der Waals surface area contributed by atoms with Crippen molar-refractivity contribution in [3.63, 3.8) is 0 Å². The van der Waals surface area contributed by atoms with Crippen LogP contribution in [0.5, 0.6) is 0 Å². The fourth-order valence-electron chi connectivity index (χ4n) is 2.70. The Kier molecular flexibility index (Phi) is 4.01. The number of rotatable bonds is 4. The van der Waals surface area contributed by atoms with E-state index in [0.29, 0.717) is 6.04 Å². The number of esters is 1. The molecule has 0 amide bonds. The van der Waals surface area contributed by atoms with Gasteiger partial charge in [0, 0.05) is 17.3 Å². The number of nitrogens with zero attached hydrogens (tertiary/aromatic N) is 1. The van der Waals surface area contributed by atoms with Gasteiger partial charge in [-0.25, -0.2) is 4.79 Å². The first-order chi connectivity index (χ1) is 8.63. The van der Waals surface area contributed by atoms with Crippen LogP contribution >= 0.6 is 0 Å². The Morgan fingerprint density at radius 2 is 2.11 bits per heavy atom. The van der Waals surface area contributed by atoms with Crippen molar-refractivity contribution in [2.24, 2.45) is 0 Å². The molecule has 1 heterocycles. The first-order valence-corrected chi connectivity index (χ1v) is 6.48. The van der Waals surface area contributed by atoms with Crippen molar-refractivity contribution < 1.29 is 9.53 Å². The summed E-state index contributed by atoms with van der Waals surface area (Å²) >= 11 is 0. The average molecular weight is 251 g/mol. The highest BCUT2D eigenvalue weighted by atomic mass is 16.5. The molecule has 1 fully saturated rings. The van der Waals surface area contributed by atoms with Crippen LogP contribution in [0.2, 0.25) is 0 Å². The predicted octanol–water partition coefficient (Wildman–Crippen LogP) is 1.77. The fourth-order valence-corrected chi connectivity index (χ4v) is 2.70. The van der Waals surface area contributed by atoms with Crippen LogP contribution in [-0.2, 0) is 9.53 Å². The second-order valence-electron chi connectivity index (χ2n) is 4.95. The van der Waals surface area contributed by atoms with E-state index in [2.05, 4.69) is 15.5 Å². The normalized spacial score (nSPS) is 17.9. The molecule has 1 atom stereocenters. The van der Waals surface area contributed by atoms with E-state index in [1.807, 2.05) is 13.8 Å². The second-order valence-corrected chi connectivity index (χ2v) is 4.95. The Morgan fingerprint density at radius 3 is 2.61 bits per heavy atom. The zero-order chi connectivity index (χ0) is 13.1. The molecule has 0 saturated heterocycles. The van der Waals surface area contributed by atoms with Crippen LogP contribution in [0.4, 0.5) is 0 Å². The first-order valence-electron chi connectivity index (χ1n) is 6.48. The van der Waals surface area contributed by atoms with E-state index in [9.17, 15) is 4.79 Å². The van der Waals surface area contributed by atoms with Gasteiger partial charge in [0.2, 0.25) is 0 Å². The van der Waals surface area contributed by atoms with Crippen LogP contribution in [0.25, 0.3) is 0 Å². The van der Waals surface area contributed by atoms with Gasteiger partial charge in [-0.2, -0.15) is 5.10 Å². The Labute approximate surface area is 107 Å². The number of nitrogens with one attached hydrogen (secondary N) is 2. The summed E-state index contributed by atoms with van der Waals surface area (Å²) < 4.78 is 4.91. The summed E-state index contributed by atoms with van der Waals surface area (Å²) in [5, 5.41) is 10.5. The van der Waals surface area contributed by atoms with Crippen molar-refractivity contribution in [3.8, 4) is 0 Å². The van der Waals surface area contributed by atoms with E-state index in [0.717, 1.165) is 29.8 Å². The molecule has 0 bridgehead atoms. The molecule has 18 heavy (non-hydrogen) atoms. The molecule has 1 aliphatic carbocycles. The number of aromatic nitrogens is 2. The van der Waals surface area contributed by atoms with Crippen LogP contribution in [0.15, 0.2) is 0 Å². The lowest BCUT2D eigenvalue weighted by Gasteiger charge is -2.21. The van der Waals surface area contributed by atoms with Crippen molar-refractivity contribution in [2.75, 3.05) is 7.11 Å². The molecular weight excluding hydrogens is 230 g/mol. The van der Waals surface area contributed by atoms with E-state index in [-0.39, 0.29) is 5.97 Å². The number of hydrogen-bond donors (Lipinski definition) is 2. The van der Waals surface area contributed by atoms with Gasteiger partial charge in [0.05, 0.1) is 12.8 Å². The smallest absolute Gasteiger partial charge is 0.327 e. The van der Waals surface area contributed by atoms with Crippen LogP contribution < -0.4 is 5.32 Å². The number of methoxy groups -OCH3 is 1. The zero-order valence-corrected chi connectivity index (χ0v) is 11.2. The minimum Gasteiger partial charge on any atom is -0.468 e. The molecule has 2 N–H and O–H groups in total. The van der Waals surface area contributed by atoms with Gasteiger partial charge in [-0.15, -0.1) is 0 Å². The quantitative estimate of drug-likeness (QED) is 0.800. The largest absolute Gasteiger partial charge is 0.468 e. The maximum absolute atomic E-state index is 12.0. The minimum atomic E-state index is -0.406. The highest BCUT2D eigenvalue weighted by molar-refractivity contribution is 5.78. The highest BCUT2D eigenvalue weighted by Crippen LogP contribution is 2.25. The van der Waals surface area contributed by atoms with Gasteiger partial charge in [0.25, 0.3) is 0 Å². The molecule has 1 aromatic rings. The van der Waals surface area contributed by atoms with Gasteiger partial charge in [-0.3, -0.25) is 10.4 Å². The Bertz CT molecular complexity index is 402. The SMILES string of the molecule is COC(=O)C(NC1CCCC1)c1c(C)n[nH]c1C. The van der Waals surface area contributed by atoms with Crippen molar-refractivity contribution in [1.82, 2.24) is 15.5 Å². The number of aryl methyl sites for hydroxylation is 2. The van der Waals surface area contributed by atoms with Crippen LogP contribution in [0.1, 0.15) is 48.7 Å². The van der Waals surface area contributed by atoms with Crippen molar-refractivity contribution >= 4 is 5.97 Å². The molecule has 0 aliphatic heterocycles. The first kappa shape index (κ1) is 13.1.